The molecule has 10 heteroatoms. The fourth-order valence-electron chi connectivity index (χ4n) is 4.68. The molecule has 0 bridgehead atoms. The third-order valence-electron chi connectivity index (χ3n) is 6.61. The predicted octanol–water partition coefficient (Wildman–Crippen LogP) is 6.57. The monoisotopic (exact) mass is 539 g/mol. The highest BCUT2D eigenvalue weighted by Gasteiger charge is 2.38. The molecule has 0 spiro atoms. The number of alkyl halides is 3. The Morgan fingerprint density at radius 3 is 2.15 bits per heavy atom. The molecule has 1 fully saturated rings. The smallest absolute Gasteiger partial charge is 0.478 e. The van der Waals surface area contributed by atoms with Crippen LogP contribution < -0.4 is 5.32 Å². The van der Waals surface area contributed by atoms with E-state index in [1.54, 1.807) is 6.07 Å². The van der Waals surface area contributed by atoms with E-state index in [0.717, 1.165) is 28.8 Å². The Kier molecular flexibility index (Phi) is 8.35. The van der Waals surface area contributed by atoms with Gasteiger partial charge in [0, 0.05) is 12.6 Å². The molecule has 1 aliphatic rings. The van der Waals surface area contributed by atoms with Gasteiger partial charge in [-0.2, -0.15) is 13.2 Å². The summed E-state index contributed by atoms with van der Waals surface area (Å²) in [6.07, 6.45) is 0.166. The fourth-order valence-corrected chi connectivity index (χ4v) is 4.68. The number of H-pyrrole nitrogens is 1. The number of halogens is 3. The van der Waals surface area contributed by atoms with Crippen LogP contribution in [-0.2, 0) is 11.3 Å². The van der Waals surface area contributed by atoms with Crippen molar-refractivity contribution in [3.63, 3.8) is 0 Å². The molecular weight excluding hydrogens is 511 g/mol. The van der Waals surface area contributed by atoms with Crippen LogP contribution >= 0.6 is 0 Å². The van der Waals surface area contributed by atoms with Crippen molar-refractivity contribution in [2.45, 2.75) is 51.4 Å². The van der Waals surface area contributed by atoms with E-state index in [1.165, 1.54) is 36.8 Å². The lowest BCUT2D eigenvalue weighted by molar-refractivity contribution is -0.192. The van der Waals surface area contributed by atoms with Crippen molar-refractivity contribution in [2.24, 2.45) is 0 Å². The zero-order valence-corrected chi connectivity index (χ0v) is 21.2. The third-order valence-corrected chi connectivity index (χ3v) is 6.61. The van der Waals surface area contributed by atoms with Crippen LogP contribution in [0.15, 0.2) is 60.7 Å². The second-order valence-corrected chi connectivity index (χ2v) is 9.49. The molecule has 1 aliphatic carbocycles. The van der Waals surface area contributed by atoms with Crippen molar-refractivity contribution in [3.05, 3.63) is 77.6 Å². The van der Waals surface area contributed by atoms with Crippen LogP contribution in [0.4, 0.5) is 13.2 Å². The Morgan fingerprint density at radius 1 is 0.949 bits per heavy atom. The maximum Gasteiger partial charge on any atom is 0.490 e. The van der Waals surface area contributed by atoms with Crippen LogP contribution in [0.25, 0.3) is 33.3 Å². The Balaban J connectivity index is 0.000000448. The quantitative estimate of drug-likeness (QED) is 0.220. The van der Waals surface area contributed by atoms with Crippen LogP contribution in [0.3, 0.4) is 0 Å². The first kappa shape index (κ1) is 27.8. The molecule has 0 radical (unpaired) electrons. The normalized spacial score (nSPS) is 13.7. The van der Waals surface area contributed by atoms with Crippen LogP contribution in [-0.4, -0.2) is 44.3 Å². The van der Waals surface area contributed by atoms with Gasteiger partial charge in [0.1, 0.15) is 11.3 Å². The summed E-state index contributed by atoms with van der Waals surface area (Å²) >= 11 is 0. The minimum absolute atomic E-state index is 0.216. The average Bonchev–Trinajstić information content (AvgIpc) is 3.55. The summed E-state index contributed by atoms with van der Waals surface area (Å²) in [4.78, 5) is 28.1. The minimum atomic E-state index is -5.08. The number of benzene rings is 3. The number of hydrogen-bond acceptors (Lipinski definition) is 4. The number of carboxylic acids is 2. The van der Waals surface area contributed by atoms with Crippen LogP contribution in [0.2, 0.25) is 0 Å². The number of aryl methyl sites for hydroxylation is 1. The lowest BCUT2D eigenvalue weighted by Crippen LogP contribution is -2.25. The van der Waals surface area contributed by atoms with E-state index in [1.807, 2.05) is 13.0 Å². The number of aromatic amines is 1. The number of nitrogens with one attached hydrogen (secondary N) is 2. The van der Waals surface area contributed by atoms with Gasteiger partial charge in [-0.15, -0.1) is 0 Å². The molecule has 0 aliphatic heterocycles. The van der Waals surface area contributed by atoms with Crippen molar-refractivity contribution < 1.29 is 33.0 Å². The summed E-state index contributed by atoms with van der Waals surface area (Å²) in [5.74, 6) is -3.02. The highest BCUT2D eigenvalue weighted by atomic mass is 19.4. The van der Waals surface area contributed by atoms with E-state index in [4.69, 9.17) is 9.90 Å². The van der Waals surface area contributed by atoms with E-state index in [0.29, 0.717) is 17.4 Å². The number of aromatic carboxylic acids is 1. The van der Waals surface area contributed by atoms with Crippen molar-refractivity contribution in [2.75, 3.05) is 0 Å². The highest BCUT2D eigenvalue weighted by Crippen LogP contribution is 2.29. The second kappa shape index (κ2) is 11.7. The van der Waals surface area contributed by atoms with Crippen LogP contribution in [0.1, 0.15) is 47.4 Å². The lowest BCUT2D eigenvalue weighted by Gasteiger charge is -2.13. The first-order chi connectivity index (χ1) is 18.5. The molecule has 0 unspecified atom stereocenters. The number of carboxylic acid groups (broad SMARTS) is 2. The largest absolute Gasteiger partial charge is 0.490 e. The van der Waals surface area contributed by atoms with Gasteiger partial charge in [0.2, 0.25) is 0 Å². The van der Waals surface area contributed by atoms with Crippen LogP contribution in [0, 0.1) is 6.92 Å². The number of rotatable bonds is 6. The number of nitrogens with zero attached hydrogens (tertiary/aromatic N) is 1. The average molecular weight is 540 g/mol. The predicted molar refractivity (Wildman–Crippen MR) is 141 cm³/mol. The molecule has 0 saturated heterocycles. The maximum atomic E-state index is 11.8. The standard InChI is InChI=1S/C27H27N3O2.C2HF3O2/c1-17-29-25-15-22(14-24(27(31)32)26(25)30-17)20-11-9-19(10-12-20)21-6-4-5-18(13-21)16-28-23-7-2-3-8-23;3-2(4,5)1(6)7/h4-6,9-15,23,28H,2-3,7-8,16H2,1H3,(H,29,30)(H,31,32);(H,6,7). The molecule has 7 nitrogen and oxygen atoms in total. The van der Waals surface area contributed by atoms with Gasteiger partial charge < -0.3 is 20.5 Å². The third kappa shape index (κ3) is 7.02. The van der Waals surface area contributed by atoms with Gasteiger partial charge in [-0.1, -0.05) is 55.3 Å². The molecule has 3 aromatic carbocycles. The Bertz CT molecular complexity index is 1470. The molecule has 1 aromatic heterocycles. The molecule has 1 saturated carbocycles. The number of fused-ring (bicyclic) bond motifs is 1. The maximum absolute atomic E-state index is 11.8. The van der Waals surface area contributed by atoms with Crippen LogP contribution in [0.5, 0.6) is 0 Å². The summed E-state index contributed by atoms with van der Waals surface area (Å²) in [6.45, 7) is 2.73. The molecule has 1 heterocycles. The van der Waals surface area contributed by atoms with Gasteiger partial charge in [-0.25, -0.2) is 14.6 Å². The van der Waals surface area contributed by atoms with Gasteiger partial charge in [0.05, 0.1) is 11.1 Å². The van der Waals surface area contributed by atoms with E-state index < -0.39 is 18.1 Å². The number of aliphatic carboxylic acids is 1. The second-order valence-electron chi connectivity index (χ2n) is 9.49. The van der Waals surface area contributed by atoms with E-state index >= 15 is 0 Å². The zero-order valence-electron chi connectivity index (χ0n) is 21.2. The summed E-state index contributed by atoms with van der Waals surface area (Å²) in [6, 6.07) is 21.3. The highest BCUT2D eigenvalue weighted by molar-refractivity contribution is 6.03. The first-order valence-corrected chi connectivity index (χ1v) is 12.5. The van der Waals surface area contributed by atoms with Gasteiger partial charge in [0.15, 0.2) is 0 Å². The van der Waals surface area contributed by atoms with Gasteiger partial charge in [0.25, 0.3) is 0 Å². The minimum Gasteiger partial charge on any atom is -0.478 e. The molecular formula is C29H28F3N3O4. The number of imidazole rings is 1. The summed E-state index contributed by atoms with van der Waals surface area (Å²) in [7, 11) is 0. The Hall–Kier alpha value is -4.18. The summed E-state index contributed by atoms with van der Waals surface area (Å²) in [5, 5.41) is 20.4. The Morgan fingerprint density at radius 2 is 1.56 bits per heavy atom. The molecule has 5 rings (SSSR count). The molecule has 0 atom stereocenters. The molecule has 39 heavy (non-hydrogen) atoms. The van der Waals surface area contributed by atoms with E-state index in [-0.39, 0.29) is 5.56 Å². The molecule has 4 aromatic rings. The number of carbonyl (C=O) groups is 2. The zero-order chi connectivity index (χ0) is 28.2. The van der Waals surface area contributed by atoms with Gasteiger partial charge in [-0.3, -0.25) is 0 Å². The van der Waals surface area contributed by atoms with E-state index in [2.05, 4.69) is 63.8 Å². The first-order valence-electron chi connectivity index (χ1n) is 12.5. The lowest BCUT2D eigenvalue weighted by atomic mass is 9.97. The Labute approximate surface area is 222 Å². The van der Waals surface area contributed by atoms with Gasteiger partial charge >= 0.3 is 18.1 Å². The number of aromatic nitrogens is 2. The van der Waals surface area contributed by atoms with Crippen molar-refractivity contribution in [3.8, 4) is 22.3 Å². The molecule has 4 N–H and O–H groups in total. The SMILES string of the molecule is Cc1nc2c(C(=O)O)cc(-c3ccc(-c4cccc(CNC5CCCC5)c4)cc3)cc2[nH]1.O=C(O)C(F)(F)F. The van der Waals surface area contributed by atoms with Crippen molar-refractivity contribution in [1.82, 2.24) is 15.3 Å². The fraction of sp³-hybridized carbons (Fsp3) is 0.276. The van der Waals surface area contributed by atoms with Crippen molar-refractivity contribution >= 4 is 23.0 Å². The van der Waals surface area contributed by atoms with Gasteiger partial charge in [-0.05, 0) is 65.8 Å². The molecule has 0 amide bonds. The number of hydrogen-bond donors (Lipinski definition) is 4. The summed E-state index contributed by atoms with van der Waals surface area (Å²) in [5.41, 5.74) is 6.92. The van der Waals surface area contributed by atoms with E-state index in [9.17, 15) is 23.1 Å². The molecule has 204 valence electrons. The van der Waals surface area contributed by atoms with Crippen molar-refractivity contribution in [1.29, 1.82) is 0 Å². The topological polar surface area (TPSA) is 115 Å². The summed E-state index contributed by atoms with van der Waals surface area (Å²) < 4.78 is 31.7.